The lowest BCUT2D eigenvalue weighted by Gasteiger charge is -2.22. The quantitative estimate of drug-likeness (QED) is 0.459. The van der Waals surface area contributed by atoms with Gasteiger partial charge >= 0.3 is 6.13 Å². The van der Waals surface area contributed by atoms with E-state index in [9.17, 15) is 0 Å². The molecule has 3 atom stereocenters. The van der Waals surface area contributed by atoms with Crippen molar-refractivity contribution in [2.24, 2.45) is 22.7 Å². The van der Waals surface area contributed by atoms with Gasteiger partial charge in [0.2, 0.25) is 11.8 Å². The molecule has 0 aliphatic heterocycles. The number of hydrogen-bond donors (Lipinski definition) is 0. The predicted molar refractivity (Wildman–Crippen MR) is 99.2 cm³/mol. The Bertz CT molecular complexity index is 264. The third-order valence-corrected chi connectivity index (χ3v) is 6.80. The maximum absolute atomic E-state index is 5.87. The minimum atomic E-state index is -0.729. The summed E-state index contributed by atoms with van der Waals surface area (Å²) in [6, 6.07) is 0. The van der Waals surface area contributed by atoms with Crippen molar-refractivity contribution in [3.63, 3.8) is 0 Å². The van der Waals surface area contributed by atoms with E-state index in [2.05, 4.69) is 55.4 Å². The van der Waals surface area contributed by atoms with Gasteiger partial charge in [-0.25, -0.2) is 0 Å². The van der Waals surface area contributed by atoms with E-state index in [4.69, 9.17) is 16.3 Å². The summed E-state index contributed by atoms with van der Waals surface area (Å²) in [6.45, 7) is 19.1. The standard InChI is InChI=1S/C16H34OPS2/c1-13(9-15(3,4)5)11-17-18(19)20-12-14(2)10-16(6,7)8/h13-14H,9-12H2,1-8H3/q+1. The Morgan fingerprint density at radius 3 is 1.85 bits per heavy atom. The van der Waals surface area contributed by atoms with Gasteiger partial charge in [-0.1, -0.05) is 55.4 Å². The summed E-state index contributed by atoms with van der Waals surface area (Å²) in [6.07, 6.45) is 1.71. The molecular weight excluding hydrogens is 303 g/mol. The topological polar surface area (TPSA) is 9.23 Å². The summed E-state index contributed by atoms with van der Waals surface area (Å²) in [5, 5.41) is 0. The Kier molecular flexibility index (Phi) is 9.45. The van der Waals surface area contributed by atoms with Gasteiger partial charge in [-0.3, -0.25) is 0 Å². The average molecular weight is 338 g/mol. The van der Waals surface area contributed by atoms with Gasteiger partial charge in [0.25, 0.3) is 0 Å². The number of rotatable bonds is 8. The molecule has 0 radical (unpaired) electrons. The molecule has 0 spiro atoms. The molecule has 0 amide bonds. The van der Waals surface area contributed by atoms with Crippen LogP contribution in [0.1, 0.15) is 68.2 Å². The van der Waals surface area contributed by atoms with Crippen molar-refractivity contribution in [3.8, 4) is 0 Å². The third kappa shape index (κ3) is 13.8. The van der Waals surface area contributed by atoms with Gasteiger partial charge in [0.1, 0.15) is 18.0 Å². The summed E-state index contributed by atoms with van der Waals surface area (Å²) in [7, 11) is 0. The largest absolute Gasteiger partial charge is 0.414 e. The molecule has 3 unspecified atom stereocenters. The zero-order valence-electron chi connectivity index (χ0n) is 14.7. The predicted octanol–water partition coefficient (Wildman–Crippen LogP) is 6.65. The van der Waals surface area contributed by atoms with E-state index in [1.54, 1.807) is 0 Å². The smallest absolute Gasteiger partial charge is 0.158 e. The monoisotopic (exact) mass is 337 g/mol. The Balaban J connectivity index is 3.84. The summed E-state index contributed by atoms with van der Waals surface area (Å²) in [5.74, 6) is 2.43. The molecule has 0 heterocycles. The zero-order chi connectivity index (χ0) is 16.0. The van der Waals surface area contributed by atoms with Gasteiger partial charge in [-0.2, -0.15) is 4.52 Å². The van der Waals surface area contributed by atoms with Gasteiger partial charge in [-0.15, -0.1) is 0 Å². The van der Waals surface area contributed by atoms with Crippen molar-refractivity contribution in [1.82, 2.24) is 0 Å². The molecule has 0 saturated carbocycles. The molecule has 1 nitrogen and oxygen atoms in total. The van der Waals surface area contributed by atoms with Gasteiger partial charge in [0, 0.05) is 5.75 Å². The molecule has 120 valence electrons. The second-order valence-corrected chi connectivity index (χ2v) is 13.3. The van der Waals surface area contributed by atoms with Crippen molar-refractivity contribution in [1.29, 1.82) is 0 Å². The fraction of sp³-hybridized carbons (Fsp3) is 1.00. The molecule has 0 bridgehead atoms. The first-order chi connectivity index (χ1) is 8.89. The van der Waals surface area contributed by atoms with Crippen LogP contribution in [0, 0.1) is 22.7 Å². The molecule has 0 rings (SSSR count). The maximum Gasteiger partial charge on any atom is 0.414 e. The van der Waals surface area contributed by atoms with Gasteiger partial charge in [0.15, 0.2) is 0 Å². The molecule has 0 saturated heterocycles. The molecular formula is C16H34OPS2+. The first-order valence-electron chi connectivity index (χ1n) is 7.62. The van der Waals surface area contributed by atoms with Crippen LogP contribution in [0.25, 0.3) is 0 Å². The lowest BCUT2D eigenvalue weighted by molar-refractivity contribution is 0.227. The second kappa shape index (κ2) is 9.08. The molecule has 0 aliphatic rings. The van der Waals surface area contributed by atoms with Crippen LogP contribution in [0.4, 0.5) is 0 Å². The van der Waals surface area contributed by atoms with E-state index in [-0.39, 0.29) is 0 Å². The van der Waals surface area contributed by atoms with Gasteiger partial charge < -0.3 is 0 Å². The van der Waals surface area contributed by atoms with Gasteiger partial charge in [0.05, 0.1) is 0 Å². The lowest BCUT2D eigenvalue weighted by Crippen LogP contribution is -2.14. The minimum absolute atomic E-state index is 0.376. The Morgan fingerprint density at radius 2 is 1.40 bits per heavy atom. The van der Waals surface area contributed by atoms with E-state index in [1.807, 2.05) is 11.4 Å². The highest BCUT2D eigenvalue weighted by molar-refractivity contribution is 8.62. The molecule has 0 fully saturated rings. The first kappa shape index (κ1) is 20.8. The van der Waals surface area contributed by atoms with Crippen LogP contribution in [0.5, 0.6) is 0 Å². The Hall–Kier alpha value is 0.830. The molecule has 0 aromatic rings. The van der Waals surface area contributed by atoms with Crippen LogP contribution in [0.15, 0.2) is 0 Å². The van der Waals surface area contributed by atoms with Crippen molar-refractivity contribution < 1.29 is 4.52 Å². The van der Waals surface area contributed by atoms with Crippen LogP contribution in [0.3, 0.4) is 0 Å². The summed E-state index contributed by atoms with van der Waals surface area (Å²) in [5.41, 5.74) is 0.785. The van der Waals surface area contributed by atoms with Crippen molar-refractivity contribution >= 4 is 29.3 Å². The van der Waals surface area contributed by atoms with Crippen molar-refractivity contribution in [2.45, 2.75) is 68.2 Å². The number of hydrogen-bond acceptors (Lipinski definition) is 3. The highest BCUT2D eigenvalue weighted by Crippen LogP contribution is 2.42. The highest BCUT2D eigenvalue weighted by Gasteiger charge is 2.23. The van der Waals surface area contributed by atoms with E-state index in [0.29, 0.717) is 22.7 Å². The zero-order valence-corrected chi connectivity index (χ0v) is 17.2. The summed E-state index contributed by atoms with van der Waals surface area (Å²) in [4.78, 5) is 0. The normalized spacial score (nSPS) is 16.9. The molecule has 0 N–H and O–H groups in total. The van der Waals surface area contributed by atoms with E-state index < -0.39 is 6.13 Å². The van der Waals surface area contributed by atoms with Crippen molar-refractivity contribution in [3.05, 3.63) is 0 Å². The molecule has 0 aliphatic carbocycles. The van der Waals surface area contributed by atoms with Crippen LogP contribution in [0.2, 0.25) is 0 Å². The van der Waals surface area contributed by atoms with Crippen LogP contribution < -0.4 is 0 Å². The fourth-order valence-electron chi connectivity index (χ4n) is 2.62. The van der Waals surface area contributed by atoms with Crippen LogP contribution >= 0.6 is 17.5 Å². The molecule has 0 aromatic heterocycles. The third-order valence-electron chi connectivity index (χ3n) is 2.85. The van der Waals surface area contributed by atoms with E-state index in [1.165, 1.54) is 12.8 Å². The van der Waals surface area contributed by atoms with Crippen LogP contribution in [-0.2, 0) is 16.3 Å². The molecule has 0 aromatic carbocycles. The summed E-state index contributed by atoms with van der Waals surface area (Å²) >= 11 is 7.30. The lowest BCUT2D eigenvalue weighted by atomic mass is 9.86. The first-order valence-corrected chi connectivity index (χ1v) is 11.5. The van der Waals surface area contributed by atoms with Gasteiger partial charge in [-0.05, 0) is 35.5 Å². The Morgan fingerprint density at radius 1 is 0.950 bits per heavy atom. The minimum Gasteiger partial charge on any atom is -0.158 e. The van der Waals surface area contributed by atoms with Crippen LogP contribution in [-0.4, -0.2) is 12.4 Å². The van der Waals surface area contributed by atoms with E-state index in [0.717, 1.165) is 12.4 Å². The molecule has 20 heavy (non-hydrogen) atoms. The Labute approximate surface area is 137 Å². The highest BCUT2D eigenvalue weighted by atomic mass is 32.9. The SMILES string of the molecule is CC(CO[P+](=S)SCC(C)CC(C)(C)C)CC(C)(C)C. The maximum atomic E-state index is 5.87. The summed E-state index contributed by atoms with van der Waals surface area (Å²) < 4.78 is 5.87. The molecule has 4 heteroatoms. The fourth-order valence-corrected chi connectivity index (χ4v) is 5.83. The van der Waals surface area contributed by atoms with E-state index >= 15 is 0 Å². The average Bonchev–Trinajstić information content (AvgIpc) is 2.18. The second-order valence-electron chi connectivity index (χ2n) is 8.56. The van der Waals surface area contributed by atoms with Crippen molar-refractivity contribution in [2.75, 3.05) is 12.4 Å².